The standard InChI is InChI=1S/C18H32O13/c1-4-7(19)10(22)12(24)17(28-4)31-15-11(23)8(20)5(2)29-18(15)30-14-9(21)6(3)27-16(26)13(14)25/h4-26H,1-3H3/t4-,5+,6+,7+,8+,9+,10+,11+,12-,13-,14+,15+,16+,17-,18-/m0/s1. The van der Waals surface area contributed by atoms with E-state index in [1.54, 1.807) is 0 Å². The maximum atomic E-state index is 10.6. The van der Waals surface area contributed by atoms with Crippen molar-refractivity contribution in [2.45, 2.75) is 113 Å². The van der Waals surface area contributed by atoms with Crippen molar-refractivity contribution in [1.29, 1.82) is 0 Å². The number of rotatable bonds is 4. The molecule has 3 rings (SSSR count). The minimum atomic E-state index is -1.70. The number of ether oxygens (including phenoxy) is 5. The van der Waals surface area contributed by atoms with Crippen molar-refractivity contribution in [2.75, 3.05) is 0 Å². The molecule has 0 radical (unpaired) electrons. The molecule has 0 aromatic carbocycles. The van der Waals surface area contributed by atoms with E-state index in [9.17, 15) is 40.9 Å². The number of aliphatic hydroxyl groups is 8. The van der Waals surface area contributed by atoms with Crippen LogP contribution in [0.4, 0.5) is 0 Å². The highest BCUT2D eigenvalue weighted by Crippen LogP contribution is 2.32. The second-order valence-corrected chi connectivity index (χ2v) is 8.29. The molecule has 3 aliphatic rings. The average molecular weight is 456 g/mol. The van der Waals surface area contributed by atoms with Gasteiger partial charge in [-0.15, -0.1) is 0 Å². The molecule has 0 amide bonds. The van der Waals surface area contributed by atoms with Crippen LogP contribution in [0.3, 0.4) is 0 Å². The Labute approximate surface area is 178 Å². The molecule has 0 spiro atoms. The van der Waals surface area contributed by atoms with E-state index in [-0.39, 0.29) is 0 Å². The number of aliphatic hydroxyl groups excluding tert-OH is 8. The molecule has 0 aromatic heterocycles. The summed E-state index contributed by atoms with van der Waals surface area (Å²) in [4.78, 5) is 0. The van der Waals surface area contributed by atoms with Gasteiger partial charge < -0.3 is 64.5 Å². The zero-order valence-electron chi connectivity index (χ0n) is 17.3. The van der Waals surface area contributed by atoms with Crippen molar-refractivity contribution < 1.29 is 64.5 Å². The monoisotopic (exact) mass is 456 g/mol. The molecule has 13 nitrogen and oxygen atoms in total. The van der Waals surface area contributed by atoms with Crippen LogP contribution in [-0.4, -0.2) is 133 Å². The second kappa shape index (κ2) is 9.77. The van der Waals surface area contributed by atoms with Crippen LogP contribution in [0, 0.1) is 0 Å². The Hall–Kier alpha value is -0.520. The summed E-state index contributed by atoms with van der Waals surface area (Å²) < 4.78 is 27.1. The van der Waals surface area contributed by atoms with Gasteiger partial charge in [-0.25, -0.2) is 0 Å². The molecular weight excluding hydrogens is 424 g/mol. The number of hydrogen-bond acceptors (Lipinski definition) is 13. The lowest BCUT2D eigenvalue weighted by atomic mass is 9.97. The Kier molecular flexibility index (Phi) is 7.91. The highest BCUT2D eigenvalue weighted by atomic mass is 16.8. The molecule has 15 atom stereocenters. The van der Waals surface area contributed by atoms with Gasteiger partial charge in [0, 0.05) is 0 Å². The summed E-state index contributed by atoms with van der Waals surface area (Å²) in [7, 11) is 0. The number of hydrogen-bond donors (Lipinski definition) is 8. The summed E-state index contributed by atoms with van der Waals surface area (Å²) >= 11 is 0. The molecular formula is C18H32O13. The summed E-state index contributed by atoms with van der Waals surface area (Å²) in [5, 5.41) is 81.1. The molecule has 3 saturated heterocycles. The molecule has 0 unspecified atom stereocenters. The normalized spacial score (nSPS) is 56.4. The van der Waals surface area contributed by atoms with E-state index in [4.69, 9.17) is 23.7 Å². The van der Waals surface area contributed by atoms with E-state index in [1.165, 1.54) is 20.8 Å². The lowest BCUT2D eigenvalue weighted by Gasteiger charge is -2.47. The van der Waals surface area contributed by atoms with Gasteiger partial charge in [0.15, 0.2) is 18.9 Å². The van der Waals surface area contributed by atoms with Gasteiger partial charge >= 0.3 is 0 Å². The Morgan fingerprint density at radius 3 is 1.55 bits per heavy atom. The highest BCUT2D eigenvalue weighted by Gasteiger charge is 2.52. The van der Waals surface area contributed by atoms with Gasteiger partial charge in [-0.3, -0.25) is 0 Å². The van der Waals surface area contributed by atoms with E-state index < -0.39 is 92.1 Å². The van der Waals surface area contributed by atoms with Crippen LogP contribution in [0.2, 0.25) is 0 Å². The van der Waals surface area contributed by atoms with E-state index in [1.807, 2.05) is 0 Å². The first-order chi connectivity index (χ1) is 14.4. The summed E-state index contributed by atoms with van der Waals surface area (Å²) in [5.74, 6) is 0. The van der Waals surface area contributed by atoms with Gasteiger partial charge in [-0.05, 0) is 20.8 Å². The Balaban J connectivity index is 1.80. The summed E-state index contributed by atoms with van der Waals surface area (Å²) in [6.07, 6.45) is -21.1. The highest BCUT2D eigenvalue weighted by molar-refractivity contribution is 4.94. The van der Waals surface area contributed by atoms with Crippen LogP contribution in [0.25, 0.3) is 0 Å². The molecule has 13 heteroatoms. The topological polar surface area (TPSA) is 208 Å². The third-order valence-electron chi connectivity index (χ3n) is 5.98. The van der Waals surface area contributed by atoms with Gasteiger partial charge in [-0.2, -0.15) is 0 Å². The third-order valence-corrected chi connectivity index (χ3v) is 5.98. The fraction of sp³-hybridized carbons (Fsp3) is 1.00. The van der Waals surface area contributed by atoms with E-state index in [2.05, 4.69) is 0 Å². The summed E-state index contributed by atoms with van der Waals surface area (Å²) in [5.41, 5.74) is 0. The minimum absolute atomic E-state index is 0.903. The van der Waals surface area contributed by atoms with Crippen LogP contribution in [0.15, 0.2) is 0 Å². The third kappa shape index (κ3) is 4.89. The van der Waals surface area contributed by atoms with Gasteiger partial charge in [0.1, 0.15) is 54.9 Å². The predicted molar refractivity (Wildman–Crippen MR) is 97.0 cm³/mol. The molecule has 3 heterocycles. The lowest BCUT2D eigenvalue weighted by molar-refractivity contribution is -0.382. The summed E-state index contributed by atoms with van der Waals surface area (Å²) in [6.45, 7) is 4.34. The molecule has 3 fully saturated rings. The van der Waals surface area contributed by atoms with Crippen LogP contribution in [-0.2, 0) is 23.7 Å². The largest absolute Gasteiger partial charge is 0.388 e. The zero-order valence-corrected chi connectivity index (χ0v) is 17.3. The smallest absolute Gasteiger partial charge is 0.187 e. The van der Waals surface area contributed by atoms with Crippen LogP contribution in [0.1, 0.15) is 20.8 Å². The van der Waals surface area contributed by atoms with Crippen molar-refractivity contribution >= 4 is 0 Å². The first kappa shape index (κ1) is 25.1. The first-order valence-corrected chi connectivity index (χ1v) is 10.2. The zero-order chi connectivity index (χ0) is 23.2. The Bertz CT molecular complexity index is 581. The fourth-order valence-electron chi connectivity index (χ4n) is 3.87. The molecule has 0 saturated carbocycles. The van der Waals surface area contributed by atoms with Crippen LogP contribution >= 0.6 is 0 Å². The molecule has 0 aromatic rings. The van der Waals surface area contributed by atoms with Crippen molar-refractivity contribution in [3.05, 3.63) is 0 Å². The quantitative estimate of drug-likeness (QED) is 0.201. The first-order valence-electron chi connectivity index (χ1n) is 10.2. The SMILES string of the molecule is C[C@@H]1O[C@@H](O[C@H]2[C@H](O[C@H]3[C@H](O)[C@H](O)O[C@H](C)[C@H]3O)O[C@H](C)[C@@H](O)[C@H]2O)[C@@H](O)[C@H](O)[C@@H]1O. The molecule has 3 aliphatic heterocycles. The second-order valence-electron chi connectivity index (χ2n) is 8.29. The Morgan fingerprint density at radius 2 is 0.935 bits per heavy atom. The molecule has 0 aliphatic carbocycles. The van der Waals surface area contributed by atoms with Crippen molar-refractivity contribution in [3.8, 4) is 0 Å². The van der Waals surface area contributed by atoms with Gasteiger partial charge in [-0.1, -0.05) is 0 Å². The van der Waals surface area contributed by atoms with E-state index in [0.717, 1.165) is 0 Å². The maximum Gasteiger partial charge on any atom is 0.187 e. The van der Waals surface area contributed by atoms with Crippen LogP contribution < -0.4 is 0 Å². The summed E-state index contributed by atoms with van der Waals surface area (Å²) in [6, 6.07) is 0. The van der Waals surface area contributed by atoms with E-state index in [0.29, 0.717) is 0 Å². The molecule has 182 valence electrons. The fourth-order valence-corrected chi connectivity index (χ4v) is 3.87. The molecule has 0 bridgehead atoms. The minimum Gasteiger partial charge on any atom is -0.388 e. The van der Waals surface area contributed by atoms with Crippen LogP contribution in [0.5, 0.6) is 0 Å². The van der Waals surface area contributed by atoms with Crippen molar-refractivity contribution in [2.24, 2.45) is 0 Å². The average Bonchev–Trinajstić information content (AvgIpc) is 2.72. The lowest BCUT2D eigenvalue weighted by Crippen LogP contribution is -2.65. The maximum absolute atomic E-state index is 10.6. The molecule has 31 heavy (non-hydrogen) atoms. The van der Waals surface area contributed by atoms with Crippen molar-refractivity contribution in [3.63, 3.8) is 0 Å². The van der Waals surface area contributed by atoms with Gasteiger partial charge in [0.05, 0.1) is 18.3 Å². The van der Waals surface area contributed by atoms with Gasteiger partial charge in [0.2, 0.25) is 0 Å². The molecule has 8 N–H and O–H groups in total. The Morgan fingerprint density at radius 1 is 0.452 bits per heavy atom. The van der Waals surface area contributed by atoms with Gasteiger partial charge in [0.25, 0.3) is 0 Å². The van der Waals surface area contributed by atoms with Crippen molar-refractivity contribution in [1.82, 2.24) is 0 Å². The van der Waals surface area contributed by atoms with E-state index >= 15 is 0 Å². The predicted octanol–water partition coefficient (Wildman–Crippen LogP) is -4.49.